The molecule has 27 heavy (non-hydrogen) atoms. The number of halogens is 1. The number of anilines is 1. The van der Waals surface area contributed by atoms with E-state index in [2.05, 4.69) is 57.7 Å². The standard InChI is InChI=1S/C20H31N5O.HI/c1-2-21-20(22-12-6-9-19(26)23-17-10-11-17)25-15-13-24(14-16-25)18-7-4-3-5-8-18;/h3-5,7-8,17H,2,6,9-16H2,1H3,(H,21,22)(H,23,26);1H. The van der Waals surface area contributed by atoms with Crippen LogP contribution in [0.25, 0.3) is 0 Å². The van der Waals surface area contributed by atoms with Crippen LogP contribution in [0.5, 0.6) is 0 Å². The minimum absolute atomic E-state index is 0. The second-order valence-corrected chi connectivity index (χ2v) is 6.99. The maximum Gasteiger partial charge on any atom is 0.220 e. The first-order valence-electron chi connectivity index (χ1n) is 9.89. The first-order chi connectivity index (χ1) is 12.8. The molecule has 0 spiro atoms. The quantitative estimate of drug-likeness (QED) is 0.270. The van der Waals surface area contributed by atoms with Gasteiger partial charge in [0.25, 0.3) is 0 Å². The minimum Gasteiger partial charge on any atom is -0.368 e. The molecule has 150 valence electrons. The van der Waals surface area contributed by atoms with Crippen LogP contribution < -0.4 is 15.5 Å². The third-order valence-corrected chi connectivity index (χ3v) is 4.80. The van der Waals surface area contributed by atoms with Gasteiger partial charge in [-0.25, -0.2) is 0 Å². The number of para-hydroxylation sites is 1. The Balaban J connectivity index is 0.00000261. The largest absolute Gasteiger partial charge is 0.368 e. The van der Waals surface area contributed by atoms with Crippen molar-refractivity contribution in [3.8, 4) is 0 Å². The smallest absolute Gasteiger partial charge is 0.220 e. The Bertz CT molecular complexity index is 598. The third-order valence-electron chi connectivity index (χ3n) is 4.80. The highest BCUT2D eigenvalue weighted by molar-refractivity contribution is 14.0. The van der Waals surface area contributed by atoms with Crippen molar-refractivity contribution in [1.82, 2.24) is 15.5 Å². The Labute approximate surface area is 179 Å². The zero-order valence-electron chi connectivity index (χ0n) is 16.2. The maximum absolute atomic E-state index is 11.7. The lowest BCUT2D eigenvalue weighted by atomic mass is 10.2. The molecule has 0 atom stereocenters. The van der Waals surface area contributed by atoms with Crippen molar-refractivity contribution in [3.63, 3.8) is 0 Å². The van der Waals surface area contributed by atoms with E-state index in [1.54, 1.807) is 0 Å². The summed E-state index contributed by atoms with van der Waals surface area (Å²) in [5.41, 5.74) is 1.29. The summed E-state index contributed by atoms with van der Waals surface area (Å²) in [5, 5.41) is 6.43. The molecule has 0 aromatic heterocycles. The summed E-state index contributed by atoms with van der Waals surface area (Å²) in [4.78, 5) is 21.2. The summed E-state index contributed by atoms with van der Waals surface area (Å²) < 4.78 is 0. The molecule has 1 heterocycles. The second-order valence-electron chi connectivity index (χ2n) is 6.99. The molecule has 1 aromatic carbocycles. The molecule has 2 aliphatic rings. The predicted molar refractivity (Wildman–Crippen MR) is 122 cm³/mol. The van der Waals surface area contributed by atoms with E-state index in [4.69, 9.17) is 4.99 Å². The number of piperazine rings is 1. The van der Waals surface area contributed by atoms with Gasteiger partial charge in [-0.15, -0.1) is 24.0 Å². The maximum atomic E-state index is 11.7. The highest BCUT2D eigenvalue weighted by Crippen LogP contribution is 2.18. The molecule has 2 N–H and O–H groups in total. The van der Waals surface area contributed by atoms with E-state index in [1.807, 2.05) is 0 Å². The molecular formula is C20H32IN5O. The Morgan fingerprint density at radius 3 is 2.48 bits per heavy atom. The Morgan fingerprint density at radius 2 is 1.85 bits per heavy atom. The van der Waals surface area contributed by atoms with Crippen LogP contribution in [0.2, 0.25) is 0 Å². The number of rotatable bonds is 7. The molecule has 1 amide bonds. The molecule has 6 nitrogen and oxygen atoms in total. The average Bonchev–Trinajstić information content (AvgIpc) is 3.49. The van der Waals surface area contributed by atoms with Crippen molar-refractivity contribution in [2.75, 3.05) is 44.2 Å². The molecule has 1 aliphatic heterocycles. The molecule has 1 saturated carbocycles. The fraction of sp³-hybridized carbons (Fsp3) is 0.600. The molecule has 2 fully saturated rings. The van der Waals surface area contributed by atoms with Gasteiger partial charge in [-0.1, -0.05) is 18.2 Å². The van der Waals surface area contributed by atoms with Crippen molar-refractivity contribution in [1.29, 1.82) is 0 Å². The molecule has 1 aromatic rings. The van der Waals surface area contributed by atoms with Crippen molar-refractivity contribution < 1.29 is 4.79 Å². The topological polar surface area (TPSA) is 60.0 Å². The SMILES string of the molecule is CCNC(=NCCCC(=O)NC1CC1)N1CCN(c2ccccc2)CC1.I. The highest BCUT2D eigenvalue weighted by atomic mass is 127. The molecule has 7 heteroatoms. The van der Waals surface area contributed by atoms with Crippen LogP contribution in [0, 0.1) is 0 Å². The molecule has 0 radical (unpaired) electrons. The lowest BCUT2D eigenvalue weighted by molar-refractivity contribution is -0.121. The van der Waals surface area contributed by atoms with E-state index >= 15 is 0 Å². The number of carbonyl (C=O) groups is 1. The first-order valence-corrected chi connectivity index (χ1v) is 9.89. The van der Waals surface area contributed by atoms with E-state index in [0.29, 0.717) is 19.0 Å². The Morgan fingerprint density at radius 1 is 1.15 bits per heavy atom. The monoisotopic (exact) mass is 485 g/mol. The van der Waals surface area contributed by atoms with E-state index in [1.165, 1.54) is 5.69 Å². The van der Waals surface area contributed by atoms with Crippen LogP contribution >= 0.6 is 24.0 Å². The summed E-state index contributed by atoms with van der Waals surface area (Å²) in [6, 6.07) is 11.0. The van der Waals surface area contributed by atoms with Crippen LogP contribution in [0.1, 0.15) is 32.6 Å². The molecule has 0 unspecified atom stereocenters. The van der Waals surface area contributed by atoms with Crippen molar-refractivity contribution in [2.24, 2.45) is 4.99 Å². The van der Waals surface area contributed by atoms with Gasteiger partial charge in [-0.3, -0.25) is 9.79 Å². The van der Waals surface area contributed by atoms with Gasteiger partial charge in [-0.05, 0) is 38.3 Å². The Hall–Kier alpha value is -1.51. The van der Waals surface area contributed by atoms with Crippen LogP contribution in [-0.4, -0.2) is 62.1 Å². The fourth-order valence-corrected chi connectivity index (χ4v) is 3.19. The first kappa shape index (κ1) is 21.8. The van der Waals surface area contributed by atoms with Crippen molar-refractivity contribution >= 4 is 41.5 Å². The van der Waals surface area contributed by atoms with Crippen LogP contribution in [0.15, 0.2) is 35.3 Å². The molecular weight excluding hydrogens is 453 g/mol. The van der Waals surface area contributed by atoms with Crippen molar-refractivity contribution in [3.05, 3.63) is 30.3 Å². The molecule has 0 bridgehead atoms. The fourth-order valence-electron chi connectivity index (χ4n) is 3.19. The number of aliphatic imine (C=N–C) groups is 1. The van der Waals surface area contributed by atoms with Gasteiger partial charge in [0.1, 0.15) is 0 Å². The van der Waals surface area contributed by atoms with Crippen LogP contribution in [0.4, 0.5) is 5.69 Å². The van der Waals surface area contributed by atoms with Gasteiger partial charge in [0.15, 0.2) is 5.96 Å². The van der Waals surface area contributed by atoms with Gasteiger partial charge in [0, 0.05) is 57.4 Å². The second kappa shape index (κ2) is 11.4. The van der Waals surface area contributed by atoms with Gasteiger partial charge in [0.05, 0.1) is 0 Å². The summed E-state index contributed by atoms with van der Waals surface area (Å²) >= 11 is 0. The van der Waals surface area contributed by atoms with Crippen molar-refractivity contribution in [2.45, 2.75) is 38.6 Å². The number of guanidine groups is 1. The third kappa shape index (κ3) is 7.20. The van der Waals surface area contributed by atoms with Gasteiger partial charge in [0.2, 0.25) is 5.91 Å². The number of nitrogens with zero attached hydrogens (tertiary/aromatic N) is 3. The highest BCUT2D eigenvalue weighted by Gasteiger charge is 2.23. The number of carbonyl (C=O) groups excluding carboxylic acids is 1. The number of hydrogen-bond acceptors (Lipinski definition) is 3. The van der Waals surface area contributed by atoms with E-state index in [-0.39, 0.29) is 29.9 Å². The molecule has 1 saturated heterocycles. The van der Waals surface area contributed by atoms with E-state index in [9.17, 15) is 4.79 Å². The number of benzene rings is 1. The van der Waals surface area contributed by atoms with E-state index < -0.39 is 0 Å². The van der Waals surface area contributed by atoms with E-state index in [0.717, 1.165) is 57.9 Å². The molecule has 3 rings (SSSR count). The average molecular weight is 485 g/mol. The normalized spacial score (nSPS) is 17.3. The van der Waals surface area contributed by atoms with Crippen LogP contribution in [0.3, 0.4) is 0 Å². The molecule has 1 aliphatic carbocycles. The zero-order chi connectivity index (χ0) is 18.2. The summed E-state index contributed by atoms with van der Waals surface area (Å²) in [6.45, 7) is 7.57. The number of amides is 1. The lowest BCUT2D eigenvalue weighted by Gasteiger charge is -2.37. The summed E-state index contributed by atoms with van der Waals surface area (Å²) in [6.07, 6.45) is 3.66. The summed E-state index contributed by atoms with van der Waals surface area (Å²) in [7, 11) is 0. The number of hydrogen-bond donors (Lipinski definition) is 2. The van der Waals surface area contributed by atoms with Gasteiger partial charge >= 0.3 is 0 Å². The lowest BCUT2D eigenvalue weighted by Crippen LogP contribution is -2.52. The Kier molecular flexibility index (Phi) is 9.17. The zero-order valence-corrected chi connectivity index (χ0v) is 18.5. The van der Waals surface area contributed by atoms with Crippen LogP contribution in [-0.2, 0) is 4.79 Å². The minimum atomic E-state index is 0. The number of nitrogens with one attached hydrogen (secondary N) is 2. The predicted octanol–water partition coefficient (Wildman–Crippen LogP) is 2.45. The van der Waals surface area contributed by atoms with Gasteiger partial charge in [-0.2, -0.15) is 0 Å². The summed E-state index contributed by atoms with van der Waals surface area (Å²) in [5.74, 6) is 1.15. The van der Waals surface area contributed by atoms with Gasteiger partial charge < -0.3 is 20.4 Å².